The standard InChI is InChI=1S/C7H8N2/c1-2-6-3-7(8)5-9-4-6/h2-5H,1,8H2. The lowest BCUT2D eigenvalue weighted by Gasteiger charge is -1.91. The fourth-order valence-corrected chi connectivity index (χ4v) is 0.588. The van der Waals surface area contributed by atoms with Gasteiger partial charge in [-0.1, -0.05) is 12.7 Å². The Morgan fingerprint density at radius 1 is 1.56 bits per heavy atom. The van der Waals surface area contributed by atoms with Crippen molar-refractivity contribution in [2.45, 2.75) is 0 Å². The van der Waals surface area contributed by atoms with Gasteiger partial charge >= 0.3 is 0 Å². The fourth-order valence-electron chi connectivity index (χ4n) is 0.588. The van der Waals surface area contributed by atoms with Gasteiger partial charge in [0.05, 0.1) is 5.69 Å². The second-order valence-corrected chi connectivity index (χ2v) is 1.76. The molecule has 0 aliphatic rings. The Morgan fingerprint density at radius 2 is 2.33 bits per heavy atom. The molecule has 0 amide bonds. The number of nitrogen functional groups attached to an aromatic ring is 1. The third-order valence-corrected chi connectivity index (χ3v) is 1.02. The molecule has 2 heteroatoms. The normalized spacial score (nSPS) is 8.89. The highest BCUT2D eigenvalue weighted by molar-refractivity contribution is 5.51. The summed E-state index contributed by atoms with van der Waals surface area (Å²) in [7, 11) is 0. The number of nitrogens with two attached hydrogens (primary N) is 1. The molecule has 0 bridgehead atoms. The third-order valence-electron chi connectivity index (χ3n) is 1.02. The fraction of sp³-hybridized carbons (Fsp3) is 0. The van der Waals surface area contributed by atoms with Crippen molar-refractivity contribution in [2.24, 2.45) is 0 Å². The van der Waals surface area contributed by atoms with Crippen LogP contribution >= 0.6 is 0 Å². The Balaban J connectivity index is 3.07. The lowest BCUT2D eigenvalue weighted by molar-refractivity contribution is 1.32. The molecule has 2 N–H and O–H groups in total. The van der Waals surface area contributed by atoms with Crippen LogP contribution in [0.25, 0.3) is 6.08 Å². The number of aromatic nitrogens is 1. The zero-order chi connectivity index (χ0) is 6.69. The average Bonchev–Trinajstić information content (AvgIpc) is 1.88. The molecule has 9 heavy (non-hydrogen) atoms. The van der Waals surface area contributed by atoms with Crippen molar-refractivity contribution in [2.75, 3.05) is 5.73 Å². The smallest absolute Gasteiger partial charge is 0.0506 e. The van der Waals surface area contributed by atoms with E-state index in [0.29, 0.717) is 5.69 Å². The van der Waals surface area contributed by atoms with E-state index in [9.17, 15) is 0 Å². The van der Waals surface area contributed by atoms with E-state index in [-0.39, 0.29) is 0 Å². The summed E-state index contributed by atoms with van der Waals surface area (Å²) in [5, 5.41) is 0. The van der Waals surface area contributed by atoms with E-state index < -0.39 is 0 Å². The minimum atomic E-state index is 0.674. The first kappa shape index (κ1) is 5.82. The molecule has 0 aliphatic heterocycles. The van der Waals surface area contributed by atoms with Crippen molar-refractivity contribution in [3.8, 4) is 0 Å². The maximum absolute atomic E-state index is 5.42. The Bertz CT molecular complexity index is 218. The number of pyridine rings is 1. The molecule has 0 spiro atoms. The van der Waals surface area contributed by atoms with Crippen LogP contribution in [0.5, 0.6) is 0 Å². The van der Waals surface area contributed by atoms with E-state index >= 15 is 0 Å². The van der Waals surface area contributed by atoms with Crippen molar-refractivity contribution in [3.05, 3.63) is 30.6 Å². The molecule has 0 radical (unpaired) electrons. The number of nitrogens with zero attached hydrogens (tertiary/aromatic N) is 1. The summed E-state index contributed by atoms with van der Waals surface area (Å²) in [6.07, 6.45) is 5.03. The molecular formula is C7H8N2. The SMILES string of the molecule is C=Cc1cncc(N)c1. The molecule has 0 aromatic carbocycles. The summed E-state index contributed by atoms with van der Waals surface area (Å²) in [4.78, 5) is 3.86. The molecule has 0 saturated carbocycles. The Morgan fingerprint density at radius 3 is 2.78 bits per heavy atom. The summed E-state index contributed by atoms with van der Waals surface area (Å²) in [6, 6.07) is 1.82. The van der Waals surface area contributed by atoms with E-state index in [0.717, 1.165) is 5.56 Å². The van der Waals surface area contributed by atoms with Gasteiger partial charge in [0.2, 0.25) is 0 Å². The van der Waals surface area contributed by atoms with Gasteiger partial charge in [0.25, 0.3) is 0 Å². The van der Waals surface area contributed by atoms with Gasteiger partial charge in [0, 0.05) is 12.4 Å². The molecular weight excluding hydrogens is 112 g/mol. The molecule has 0 fully saturated rings. The molecule has 46 valence electrons. The first-order chi connectivity index (χ1) is 4.33. The van der Waals surface area contributed by atoms with Crippen LogP contribution < -0.4 is 5.73 Å². The van der Waals surface area contributed by atoms with Gasteiger partial charge in [-0.05, 0) is 11.6 Å². The predicted molar refractivity (Wildman–Crippen MR) is 38.7 cm³/mol. The summed E-state index contributed by atoms with van der Waals surface area (Å²) >= 11 is 0. The molecule has 0 atom stereocenters. The van der Waals surface area contributed by atoms with Crippen LogP contribution in [0.15, 0.2) is 25.0 Å². The molecule has 0 saturated heterocycles. The first-order valence-electron chi connectivity index (χ1n) is 2.66. The van der Waals surface area contributed by atoms with Crippen LogP contribution in [0.1, 0.15) is 5.56 Å². The number of hydrogen-bond acceptors (Lipinski definition) is 2. The van der Waals surface area contributed by atoms with Crippen molar-refractivity contribution in [1.82, 2.24) is 4.98 Å². The maximum atomic E-state index is 5.42. The van der Waals surface area contributed by atoms with Gasteiger partial charge in [0.15, 0.2) is 0 Å². The Hall–Kier alpha value is -1.31. The topological polar surface area (TPSA) is 38.9 Å². The van der Waals surface area contributed by atoms with Crippen molar-refractivity contribution in [3.63, 3.8) is 0 Å². The number of rotatable bonds is 1. The van der Waals surface area contributed by atoms with Gasteiger partial charge in [-0.25, -0.2) is 0 Å². The summed E-state index contributed by atoms with van der Waals surface area (Å²) in [6.45, 7) is 3.58. The lowest BCUT2D eigenvalue weighted by Crippen LogP contribution is -1.85. The maximum Gasteiger partial charge on any atom is 0.0506 e. The molecule has 1 aromatic rings. The minimum Gasteiger partial charge on any atom is -0.397 e. The van der Waals surface area contributed by atoms with Crippen molar-refractivity contribution >= 4 is 11.8 Å². The second kappa shape index (κ2) is 2.31. The largest absolute Gasteiger partial charge is 0.397 e. The third kappa shape index (κ3) is 1.29. The highest BCUT2D eigenvalue weighted by Crippen LogP contribution is 2.03. The predicted octanol–water partition coefficient (Wildman–Crippen LogP) is 1.31. The van der Waals surface area contributed by atoms with Gasteiger partial charge in [-0.3, -0.25) is 4.98 Å². The summed E-state index contributed by atoms with van der Waals surface area (Å²) in [5.41, 5.74) is 7.05. The summed E-state index contributed by atoms with van der Waals surface area (Å²) in [5.74, 6) is 0. The van der Waals surface area contributed by atoms with E-state index in [1.807, 2.05) is 6.07 Å². The van der Waals surface area contributed by atoms with E-state index in [2.05, 4.69) is 11.6 Å². The second-order valence-electron chi connectivity index (χ2n) is 1.76. The zero-order valence-electron chi connectivity index (χ0n) is 5.04. The lowest BCUT2D eigenvalue weighted by atomic mass is 10.3. The van der Waals surface area contributed by atoms with Gasteiger partial charge in [-0.2, -0.15) is 0 Å². The van der Waals surface area contributed by atoms with Crippen LogP contribution in [0.3, 0.4) is 0 Å². The monoisotopic (exact) mass is 120 g/mol. The van der Waals surface area contributed by atoms with Crippen LogP contribution in [0.4, 0.5) is 5.69 Å². The van der Waals surface area contributed by atoms with Crippen LogP contribution in [0.2, 0.25) is 0 Å². The molecule has 1 aromatic heterocycles. The quantitative estimate of drug-likeness (QED) is 0.606. The highest BCUT2D eigenvalue weighted by Gasteiger charge is 1.84. The van der Waals surface area contributed by atoms with Crippen LogP contribution in [-0.4, -0.2) is 4.98 Å². The molecule has 1 heterocycles. The number of anilines is 1. The average molecular weight is 120 g/mol. The Kier molecular flexibility index (Phi) is 1.49. The van der Waals surface area contributed by atoms with Crippen molar-refractivity contribution in [1.29, 1.82) is 0 Å². The first-order valence-corrected chi connectivity index (χ1v) is 2.66. The minimum absolute atomic E-state index is 0.674. The molecule has 2 nitrogen and oxygen atoms in total. The van der Waals surface area contributed by atoms with Gasteiger partial charge in [-0.15, -0.1) is 0 Å². The van der Waals surface area contributed by atoms with Gasteiger partial charge < -0.3 is 5.73 Å². The highest BCUT2D eigenvalue weighted by atomic mass is 14.7. The summed E-state index contributed by atoms with van der Waals surface area (Å²) < 4.78 is 0. The van der Waals surface area contributed by atoms with E-state index in [1.54, 1.807) is 18.5 Å². The number of hydrogen-bond donors (Lipinski definition) is 1. The van der Waals surface area contributed by atoms with E-state index in [4.69, 9.17) is 5.73 Å². The van der Waals surface area contributed by atoms with Crippen LogP contribution in [-0.2, 0) is 0 Å². The van der Waals surface area contributed by atoms with E-state index in [1.165, 1.54) is 0 Å². The van der Waals surface area contributed by atoms with Crippen molar-refractivity contribution < 1.29 is 0 Å². The molecule has 0 unspecified atom stereocenters. The van der Waals surface area contributed by atoms with Gasteiger partial charge in [0.1, 0.15) is 0 Å². The zero-order valence-corrected chi connectivity index (χ0v) is 5.04. The Labute approximate surface area is 54.0 Å². The molecule has 1 rings (SSSR count). The molecule has 0 aliphatic carbocycles. The van der Waals surface area contributed by atoms with Crippen LogP contribution in [0, 0.1) is 0 Å².